The fourth-order valence-electron chi connectivity index (χ4n) is 2.15. The van der Waals surface area contributed by atoms with Crippen molar-refractivity contribution in [1.29, 1.82) is 0 Å². The van der Waals surface area contributed by atoms with E-state index in [1.54, 1.807) is 12.5 Å². The van der Waals surface area contributed by atoms with Gasteiger partial charge in [0.2, 0.25) is 0 Å². The number of aromatic nitrogens is 1. The summed E-state index contributed by atoms with van der Waals surface area (Å²) in [6.07, 6.45) is 3.50. The van der Waals surface area contributed by atoms with Gasteiger partial charge in [-0.25, -0.2) is 4.98 Å². The summed E-state index contributed by atoms with van der Waals surface area (Å²) in [5.41, 5.74) is 0.892. The Morgan fingerprint density at radius 2 is 2.38 bits per heavy atom. The van der Waals surface area contributed by atoms with Crippen LogP contribution in [0.1, 0.15) is 6.92 Å². The van der Waals surface area contributed by atoms with Gasteiger partial charge in [0.05, 0.1) is 30.9 Å². The Labute approximate surface area is 93.8 Å². The summed E-state index contributed by atoms with van der Waals surface area (Å²) < 4.78 is 10.8. The van der Waals surface area contributed by atoms with Gasteiger partial charge in [-0.2, -0.15) is 0 Å². The molecule has 0 radical (unpaired) electrons. The van der Waals surface area contributed by atoms with Crippen LogP contribution in [0, 0.1) is 0 Å². The molecule has 4 heteroatoms. The van der Waals surface area contributed by atoms with Crippen molar-refractivity contribution in [2.24, 2.45) is 0 Å². The quantitative estimate of drug-likeness (QED) is 0.734. The van der Waals surface area contributed by atoms with E-state index in [0.29, 0.717) is 6.04 Å². The number of hydrogen-bond donors (Lipinski definition) is 0. The van der Waals surface area contributed by atoms with E-state index in [2.05, 4.69) is 16.8 Å². The summed E-state index contributed by atoms with van der Waals surface area (Å²) in [7, 11) is 0. The molecule has 84 valence electrons. The van der Waals surface area contributed by atoms with Crippen molar-refractivity contribution in [3.8, 4) is 0 Å². The predicted molar refractivity (Wildman–Crippen MR) is 61.6 cm³/mol. The smallest absolute Gasteiger partial charge is 0.140 e. The molecule has 1 fully saturated rings. The van der Waals surface area contributed by atoms with Gasteiger partial charge in [-0.1, -0.05) is 0 Å². The predicted octanol–water partition coefficient (Wildman–Crippen LogP) is 2.05. The maximum atomic E-state index is 5.43. The molecule has 2 aromatic rings. The van der Waals surface area contributed by atoms with Crippen LogP contribution in [0.3, 0.4) is 0 Å². The standard InChI is InChI=1S/C12H14N2O2/c1-9-8-15-7-5-14(9)12-10-3-6-16-11(10)2-4-13-12/h2-4,6,9H,5,7-8H2,1H3/t9-/m1/s1. The van der Waals surface area contributed by atoms with E-state index in [4.69, 9.17) is 9.15 Å². The lowest BCUT2D eigenvalue weighted by Gasteiger charge is -2.34. The first-order chi connectivity index (χ1) is 7.86. The van der Waals surface area contributed by atoms with Crippen LogP contribution in [-0.2, 0) is 4.74 Å². The van der Waals surface area contributed by atoms with Crippen molar-refractivity contribution in [2.75, 3.05) is 24.7 Å². The molecule has 0 aromatic carbocycles. The average Bonchev–Trinajstić information content (AvgIpc) is 2.77. The van der Waals surface area contributed by atoms with E-state index in [0.717, 1.165) is 36.5 Å². The second-order valence-corrected chi connectivity index (χ2v) is 4.08. The molecule has 0 unspecified atom stereocenters. The second-order valence-electron chi connectivity index (χ2n) is 4.08. The number of rotatable bonds is 1. The molecule has 0 bridgehead atoms. The third-order valence-electron chi connectivity index (χ3n) is 3.00. The number of pyridine rings is 1. The molecule has 2 aromatic heterocycles. The number of fused-ring (bicyclic) bond motifs is 1. The number of nitrogens with zero attached hydrogens (tertiary/aromatic N) is 2. The molecule has 0 saturated carbocycles. The normalized spacial score (nSPS) is 21.6. The first-order valence-corrected chi connectivity index (χ1v) is 5.53. The van der Waals surface area contributed by atoms with Crippen LogP contribution in [0.5, 0.6) is 0 Å². The molecular formula is C12H14N2O2. The zero-order chi connectivity index (χ0) is 11.0. The Morgan fingerprint density at radius 1 is 1.44 bits per heavy atom. The lowest BCUT2D eigenvalue weighted by Crippen LogP contribution is -2.44. The van der Waals surface area contributed by atoms with Gasteiger partial charge in [0.25, 0.3) is 0 Å². The van der Waals surface area contributed by atoms with Gasteiger partial charge in [-0.15, -0.1) is 0 Å². The van der Waals surface area contributed by atoms with Crippen molar-refractivity contribution >= 4 is 16.8 Å². The maximum absolute atomic E-state index is 5.43. The first-order valence-electron chi connectivity index (χ1n) is 5.53. The molecule has 1 aliphatic rings. The SMILES string of the molecule is C[C@@H]1COCCN1c1nccc2occc12. The fraction of sp³-hybridized carbons (Fsp3) is 0.417. The summed E-state index contributed by atoms with van der Waals surface area (Å²) in [4.78, 5) is 6.74. The van der Waals surface area contributed by atoms with Crippen LogP contribution in [0.15, 0.2) is 29.0 Å². The summed E-state index contributed by atoms with van der Waals surface area (Å²) in [6.45, 7) is 4.56. The van der Waals surface area contributed by atoms with E-state index in [1.807, 2.05) is 12.1 Å². The number of morpholine rings is 1. The minimum atomic E-state index is 0.363. The van der Waals surface area contributed by atoms with Gasteiger partial charge >= 0.3 is 0 Å². The Balaban J connectivity index is 2.07. The summed E-state index contributed by atoms with van der Waals surface area (Å²) in [5, 5.41) is 1.08. The van der Waals surface area contributed by atoms with Crippen molar-refractivity contribution in [2.45, 2.75) is 13.0 Å². The van der Waals surface area contributed by atoms with Crippen LogP contribution in [-0.4, -0.2) is 30.8 Å². The summed E-state index contributed by atoms with van der Waals surface area (Å²) >= 11 is 0. The van der Waals surface area contributed by atoms with E-state index in [1.165, 1.54) is 0 Å². The van der Waals surface area contributed by atoms with E-state index >= 15 is 0 Å². The molecule has 4 nitrogen and oxygen atoms in total. The lowest BCUT2D eigenvalue weighted by atomic mass is 10.2. The molecule has 3 rings (SSSR count). The van der Waals surface area contributed by atoms with Crippen LogP contribution < -0.4 is 4.90 Å². The van der Waals surface area contributed by atoms with Gasteiger partial charge in [-0.05, 0) is 19.1 Å². The summed E-state index contributed by atoms with van der Waals surface area (Å²) in [6, 6.07) is 4.23. The van der Waals surface area contributed by atoms with Gasteiger partial charge in [0, 0.05) is 12.7 Å². The molecule has 3 heterocycles. The molecular weight excluding hydrogens is 204 g/mol. The van der Waals surface area contributed by atoms with Crippen molar-refractivity contribution in [1.82, 2.24) is 4.98 Å². The fourth-order valence-corrected chi connectivity index (χ4v) is 2.15. The van der Waals surface area contributed by atoms with Crippen LogP contribution >= 0.6 is 0 Å². The molecule has 16 heavy (non-hydrogen) atoms. The van der Waals surface area contributed by atoms with Crippen molar-refractivity contribution in [3.05, 3.63) is 24.6 Å². The van der Waals surface area contributed by atoms with Crippen LogP contribution in [0.4, 0.5) is 5.82 Å². The van der Waals surface area contributed by atoms with E-state index in [-0.39, 0.29) is 0 Å². The molecule has 1 saturated heterocycles. The molecule has 0 N–H and O–H groups in total. The molecule has 0 spiro atoms. The monoisotopic (exact) mass is 218 g/mol. The highest BCUT2D eigenvalue weighted by Crippen LogP contribution is 2.27. The van der Waals surface area contributed by atoms with Crippen LogP contribution in [0.2, 0.25) is 0 Å². The lowest BCUT2D eigenvalue weighted by molar-refractivity contribution is 0.0987. The van der Waals surface area contributed by atoms with Crippen LogP contribution in [0.25, 0.3) is 11.0 Å². The number of furan rings is 1. The van der Waals surface area contributed by atoms with Gasteiger partial charge in [0.15, 0.2) is 0 Å². The Kier molecular flexibility index (Phi) is 2.29. The maximum Gasteiger partial charge on any atom is 0.140 e. The molecule has 1 aliphatic heterocycles. The second kappa shape index (κ2) is 3.79. The minimum absolute atomic E-state index is 0.363. The molecule has 0 aliphatic carbocycles. The molecule has 1 atom stereocenters. The van der Waals surface area contributed by atoms with Crippen molar-refractivity contribution < 1.29 is 9.15 Å². The largest absolute Gasteiger partial charge is 0.464 e. The third kappa shape index (κ3) is 1.46. The Morgan fingerprint density at radius 3 is 3.25 bits per heavy atom. The zero-order valence-corrected chi connectivity index (χ0v) is 9.22. The molecule has 0 amide bonds. The average molecular weight is 218 g/mol. The Hall–Kier alpha value is -1.55. The minimum Gasteiger partial charge on any atom is -0.464 e. The third-order valence-corrected chi connectivity index (χ3v) is 3.00. The number of hydrogen-bond acceptors (Lipinski definition) is 4. The Bertz CT molecular complexity index is 494. The highest BCUT2D eigenvalue weighted by molar-refractivity contribution is 5.88. The summed E-state index contributed by atoms with van der Waals surface area (Å²) in [5.74, 6) is 1.00. The van der Waals surface area contributed by atoms with Gasteiger partial charge in [-0.3, -0.25) is 0 Å². The van der Waals surface area contributed by atoms with Gasteiger partial charge in [0.1, 0.15) is 11.4 Å². The topological polar surface area (TPSA) is 38.5 Å². The van der Waals surface area contributed by atoms with E-state index < -0.39 is 0 Å². The number of anilines is 1. The van der Waals surface area contributed by atoms with Crippen molar-refractivity contribution in [3.63, 3.8) is 0 Å². The highest BCUT2D eigenvalue weighted by atomic mass is 16.5. The first kappa shape index (κ1) is 9.66. The zero-order valence-electron chi connectivity index (χ0n) is 9.22. The van der Waals surface area contributed by atoms with E-state index in [9.17, 15) is 0 Å². The highest BCUT2D eigenvalue weighted by Gasteiger charge is 2.22. The van der Waals surface area contributed by atoms with Gasteiger partial charge < -0.3 is 14.1 Å². The number of ether oxygens (including phenoxy) is 1.